The molecule has 0 unspecified atom stereocenters. The Morgan fingerprint density at radius 2 is 0.947 bits per heavy atom. The van der Waals surface area contributed by atoms with Crippen LogP contribution in [0.4, 0.5) is 0 Å². The highest BCUT2D eigenvalue weighted by molar-refractivity contribution is 6.32. The van der Waals surface area contributed by atoms with Crippen molar-refractivity contribution in [3.8, 4) is 23.0 Å². The van der Waals surface area contributed by atoms with Crippen molar-refractivity contribution in [2.24, 2.45) is 0 Å². The molecule has 4 nitrogen and oxygen atoms in total. The Hall–Kier alpha value is -3.34. The number of hydrogen-bond acceptors (Lipinski definition) is 4. The smallest absolute Gasteiger partial charge is 0.134 e. The van der Waals surface area contributed by atoms with Crippen molar-refractivity contribution in [1.82, 2.24) is 0 Å². The lowest BCUT2D eigenvalue weighted by molar-refractivity contribution is 0.459. The van der Waals surface area contributed by atoms with Crippen molar-refractivity contribution < 1.29 is 20.4 Å². The third kappa shape index (κ3) is 5.16. The molecule has 0 spiro atoms. The van der Waals surface area contributed by atoms with E-state index >= 15 is 0 Å². The number of phenolic OH excluding ortho intramolecular Hbond substituents is 4. The van der Waals surface area contributed by atoms with Gasteiger partial charge >= 0.3 is 0 Å². The van der Waals surface area contributed by atoms with E-state index in [9.17, 15) is 20.4 Å². The first kappa shape index (κ1) is 27.7. The van der Waals surface area contributed by atoms with Crippen LogP contribution in [-0.2, 0) is 5.41 Å². The minimum Gasteiger partial charge on any atom is -0.507 e. The number of halogens is 2. The van der Waals surface area contributed by atoms with Gasteiger partial charge in [-0.05, 0) is 103 Å². The van der Waals surface area contributed by atoms with E-state index in [0.29, 0.717) is 6.42 Å². The van der Waals surface area contributed by atoms with Crippen LogP contribution >= 0.6 is 23.2 Å². The number of hydrogen-bond donors (Lipinski definition) is 4. The zero-order chi connectivity index (χ0) is 27.9. The third-order valence-electron chi connectivity index (χ3n) is 7.61. The summed E-state index contributed by atoms with van der Waals surface area (Å²) in [6.45, 7) is 9.62. The molecule has 4 rings (SSSR count). The van der Waals surface area contributed by atoms with Crippen molar-refractivity contribution in [2.45, 2.75) is 52.4 Å². The molecule has 4 aromatic carbocycles. The largest absolute Gasteiger partial charge is 0.507 e. The Labute approximate surface area is 233 Å². The lowest BCUT2D eigenvalue weighted by Crippen LogP contribution is -2.27. The maximum absolute atomic E-state index is 10.5. The molecular weight excluding hydrogens is 519 g/mol. The summed E-state index contributed by atoms with van der Waals surface area (Å²) < 4.78 is 0. The van der Waals surface area contributed by atoms with Gasteiger partial charge in [-0.2, -0.15) is 0 Å². The summed E-state index contributed by atoms with van der Waals surface area (Å²) in [6, 6.07) is 18.4. The lowest BCUT2D eigenvalue weighted by Gasteiger charge is -2.36. The van der Waals surface area contributed by atoms with Crippen LogP contribution in [0, 0.1) is 27.7 Å². The van der Waals surface area contributed by atoms with Crippen LogP contribution in [0.5, 0.6) is 23.0 Å². The fraction of sp³-hybridized carbons (Fsp3) is 0.250. The average molecular weight is 552 g/mol. The van der Waals surface area contributed by atoms with Crippen molar-refractivity contribution in [3.63, 3.8) is 0 Å². The molecule has 0 aliphatic rings. The maximum atomic E-state index is 10.5. The summed E-state index contributed by atoms with van der Waals surface area (Å²) in [4.78, 5) is 0. The van der Waals surface area contributed by atoms with Crippen LogP contribution in [0.3, 0.4) is 0 Å². The van der Waals surface area contributed by atoms with Gasteiger partial charge in [0.1, 0.15) is 23.0 Å². The molecule has 4 aromatic rings. The van der Waals surface area contributed by atoms with E-state index in [0.717, 1.165) is 44.5 Å². The normalized spacial score (nSPS) is 11.8. The van der Waals surface area contributed by atoms with Crippen LogP contribution in [0.2, 0.25) is 10.0 Å². The van der Waals surface area contributed by atoms with Gasteiger partial charge in [0.25, 0.3) is 0 Å². The Bertz CT molecular complexity index is 1370. The minimum absolute atomic E-state index is 0.00683. The molecule has 6 heteroatoms. The van der Waals surface area contributed by atoms with E-state index in [1.807, 2.05) is 64.1 Å². The molecule has 0 aliphatic carbocycles. The summed E-state index contributed by atoms with van der Waals surface area (Å²) in [5.74, 6) is 0.365. The fourth-order valence-corrected chi connectivity index (χ4v) is 5.68. The molecule has 0 aromatic heterocycles. The summed E-state index contributed by atoms with van der Waals surface area (Å²) >= 11 is 12.8. The molecular formula is C32H32Cl2O4. The first-order valence-electron chi connectivity index (χ1n) is 12.4. The number of rotatable bonds is 6. The van der Waals surface area contributed by atoms with E-state index in [1.165, 1.54) is 0 Å². The van der Waals surface area contributed by atoms with Crippen LogP contribution in [0.25, 0.3) is 0 Å². The molecule has 0 heterocycles. The Morgan fingerprint density at radius 1 is 0.605 bits per heavy atom. The molecule has 0 aliphatic heterocycles. The van der Waals surface area contributed by atoms with Gasteiger partial charge in [-0.25, -0.2) is 0 Å². The summed E-state index contributed by atoms with van der Waals surface area (Å²) in [7, 11) is 0. The summed E-state index contributed by atoms with van der Waals surface area (Å²) in [5, 5.41) is 41.8. The molecule has 0 bridgehead atoms. The van der Waals surface area contributed by atoms with Gasteiger partial charge < -0.3 is 20.4 Å². The van der Waals surface area contributed by atoms with Crippen molar-refractivity contribution >= 4 is 23.2 Å². The minimum atomic E-state index is -0.668. The summed E-state index contributed by atoms with van der Waals surface area (Å²) in [5.41, 5.74) is 6.21. The van der Waals surface area contributed by atoms with Gasteiger partial charge in [0.2, 0.25) is 0 Å². The van der Waals surface area contributed by atoms with Gasteiger partial charge in [-0.15, -0.1) is 0 Å². The third-order valence-corrected chi connectivity index (χ3v) is 8.22. The van der Waals surface area contributed by atoms with Gasteiger partial charge in [-0.3, -0.25) is 0 Å². The second kappa shape index (κ2) is 10.4. The Morgan fingerprint density at radius 3 is 1.26 bits per heavy atom. The number of benzene rings is 4. The number of aromatic hydroxyl groups is 4. The van der Waals surface area contributed by atoms with Crippen molar-refractivity contribution in [1.29, 1.82) is 0 Å². The molecule has 198 valence electrons. The standard InChI is InChI=1S/C32H32Cl2O4/c1-17-10-21(11-18(2)30(17)37)25(22-12-19(3)31(38)20(4)13-22)16-32(5,23-6-8-28(35)26(33)14-23)24-7-9-29(36)27(34)15-24/h6-15,25,35-38H,16H2,1-5H3. The van der Waals surface area contributed by atoms with Crippen LogP contribution < -0.4 is 0 Å². The summed E-state index contributed by atoms with van der Waals surface area (Å²) in [6.07, 6.45) is 0.558. The second-order valence-electron chi connectivity index (χ2n) is 10.4. The Kier molecular flexibility index (Phi) is 7.60. The van der Waals surface area contributed by atoms with Crippen LogP contribution in [0.15, 0.2) is 60.7 Å². The topological polar surface area (TPSA) is 80.9 Å². The van der Waals surface area contributed by atoms with E-state index in [2.05, 4.69) is 6.92 Å². The lowest BCUT2D eigenvalue weighted by atomic mass is 9.67. The molecule has 0 radical (unpaired) electrons. The highest BCUT2D eigenvalue weighted by Crippen LogP contribution is 2.47. The predicted molar refractivity (Wildman–Crippen MR) is 154 cm³/mol. The SMILES string of the molecule is Cc1cc(C(CC(C)(c2ccc(O)c(Cl)c2)c2ccc(O)c(Cl)c2)c2cc(C)c(O)c(C)c2)cc(C)c1O. The molecule has 0 atom stereocenters. The monoisotopic (exact) mass is 550 g/mol. The molecule has 0 saturated heterocycles. The second-order valence-corrected chi connectivity index (χ2v) is 11.2. The van der Waals surface area contributed by atoms with Crippen LogP contribution in [-0.4, -0.2) is 20.4 Å². The van der Waals surface area contributed by atoms with Gasteiger partial charge in [0, 0.05) is 11.3 Å². The van der Waals surface area contributed by atoms with Gasteiger partial charge in [0.15, 0.2) is 0 Å². The van der Waals surface area contributed by atoms with Gasteiger partial charge in [-0.1, -0.05) is 66.5 Å². The predicted octanol–water partition coefficient (Wildman–Crippen LogP) is 8.58. The van der Waals surface area contributed by atoms with Gasteiger partial charge in [0.05, 0.1) is 10.0 Å². The molecule has 0 fully saturated rings. The molecule has 38 heavy (non-hydrogen) atoms. The quantitative estimate of drug-likeness (QED) is 0.194. The fourth-order valence-electron chi connectivity index (χ4n) is 5.32. The molecule has 0 saturated carbocycles. The molecule has 4 N–H and O–H groups in total. The highest BCUT2D eigenvalue weighted by atomic mass is 35.5. The maximum Gasteiger partial charge on any atom is 0.134 e. The zero-order valence-corrected chi connectivity index (χ0v) is 23.6. The van der Waals surface area contributed by atoms with Crippen LogP contribution in [0.1, 0.15) is 63.8 Å². The molecule has 0 amide bonds. The van der Waals surface area contributed by atoms with E-state index in [1.54, 1.807) is 24.3 Å². The highest BCUT2D eigenvalue weighted by Gasteiger charge is 2.35. The van der Waals surface area contributed by atoms with E-state index in [-0.39, 0.29) is 39.0 Å². The number of aryl methyl sites for hydroxylation is 4. The van der Waals surface area contributed by atoms with E-state index < -0.39 is 5.41 Å². The Balaban J connectivity index is 1.99. The number of phenols is 4. The van der Waals surface area contributed by atoms with Crippen molar-refractivity contribution in [3.05, 3.63) is 115 Å². The van der Waals surface area contributed by atoms with Crippen molar-refractivity contribution in [2.75, 3.05) is 0 Å². The average Bonchev–Trinajstić information content (AvgIpc) is 2.86. The first-order valence-corrected chi connectivity index (χ1v) is 13.2. The zero-order valence-electron chi connectivity index (χ0n) is 22.1. The van der Waals surface area contributed by atoms with E-state index in [4.69, 9.17) is 23.2 Å². The first-order chi connectivity index (χ1) is 17.8.